The van der Waals surface area contributed by atoms with E-state index in [2.05, 4.69) is 35.7 Å². The number of hydrogen-bond acceptors (Lipinski definition) is 2. The summed E-state index contributed by atoms with van der Waals surface area (Å²) in [5, 5.41) is 12.9. The van der Waals surface area contributed by atoms with Gasteiger partial charge in [0.25, 0.3) is 0 Å². The van der Waals surface area contributed by atoms with Crippen LogP contribution in [0.2, 0.25) is 0 Å². The second-order valence-electron chi connectivity index (χ2n) is 6.67. The lowest BCUT2D eigenvalue weighted by molar-refractivity contribution is -0.121. The third kappa shape index (κ3) is 3.79. The van der Waals surface area contributed by atoms with Crippen molar-refractivity contribution >= 4 is 16.8 Å². The van der Waals surface area contributed by atoms with Gasteiger partial charge in [-0.25, -0.2) is 0 Å². The summed E-state index contributed by atoms with van der Waals surface area (Å²) in [6.45, 7) is 0.739. The average Bonchev–Trinajstić information content (AvgIpc) is 3.15. The molecule has 0 aliphatic heterocycles. The van der Waals surface area contributed by atoms with E-state index >= 15 is 0 Å². The van der Waals surface area contributed by atoms with Crippen LogP contribution in [0.1, 0.15) is 11.1 Å². The van der Waals surface area contributed by atoms with Crippen LogP contribution in [0.4, 0.5) is 0 Å². The lowest BCUT2D eigenvalue weighted by Gasteiger charge is -2.09. The Morgan fingerprint density at radius 2 is 1.68 bits per heavy atom. The average molecular weight is 365 g/mol. The zero-order chi connectivity index (χ0) is 19.3. The molecule has 0 fully saturated rings. The van der Waals surface area contributed by atoms with Crippen molar-refractivity contribution < 1.29 is 4.79 Å². The summed E-state index contributed by atoms with van der Waals surface area (Å²) in [5.41, 5.74) is 4.96. The van der Waals surface area contributed by atoms with Crippen LogP contribution in [-0.2, 0) is 17.9 Å². The fraction of sp³-hybridized carbons (Fsp3) is 0.0833. The van der Waals surface area contributed by atoms with E-state index in [0.29, 0.717) is 12.1 Å². The first-order valence-corrected chi connectivity index (χ1v) is 9.13. The highest BCUT2D eigenvalue weighted by Crippen LogP contribution is 2.19. The summed E-state index contributed by atoms with van der Waals surface area (Å²) in [6.07, 6.45) is 1.88. The van der Waals surface area contributed by atoms with Gasteiger partial charge in [0.05, 0.1) is 11.6 Å². The van der Waals surface area contributed by atoms with E-state index in [1.54, 1.807) is 6.07 Å². The van der Waals surface area contributed by atoms with Gasteiger partial charge in [-0.1, -0.05) is 54.6 Å². The zero-order valence-electron chi connectivity index (χ0n) is 15.3. The van der Waals surface area contributed by atoms with Crippen molar-refractivity contribution in [2.45, 2.75) is 13.1 Å². The second kappa shape index (κ2) is 7.81. The van der Waals surface area contributed by atoms with E-state index in [1.807, 2.05) is 59.3 Å². The molecule has 4 heteroatoms. The normalized spacial score (nSPS) is 10.5. The number of rotatable bonds is 5. The summed E-state index contributed by atoms with van der Waals surface area (Å²) in [5.74, 6) is -0.0472. The minimum Gasteiger partial charge on any atom is -0.350 e. The van der Waals surface area contributed by atoms with Crippen LogP contribution in [-0.4, -0.2) is 10.5 Å². The SMILES string of the molecule is N#Cc1ccc2c(ccn2CC(=O)NCc2ccc(-c3ccccc3)cc2)c1. The Balaban J connectivity index is 1.38. The Bertz CT molecular complexity index is 1150. The maximum Gasteiger partial charge on any atom is 0.240 e. The van der Waals surface area contributed by atoms with Gasteiger partial charge in [-0.15, -0.1) is 0 Å². The molecular weight excluding hydrogens is 346 g/mol. The fourth-order valence-electron chi connectivity index (χ4n) is 3.26. The smallest absolute Gasteiger partial charge is 0.240 e. The molecule has 1 N–H and O–H groups in total. The van der Waals surface area contributed by atoms with Gasteiger partial charge in [-0.05, 0) is 41.0 Å². The molecule has 0 saturated carbocycles. The van der Waals surface area contributed by atoms with Crippen LogP contribution in [0.3, 0.4) is 0 Å². The molecule has 0 unspecified atom stereocenters. The van der Waals surface area contributed by atoms with Crippen molar-refractivity contribution in [3.05, 3.63) is 96.2 Å². The summed E-state index contributed by atoms with van der Waals surface area (Å²) in [4.78, 5) is 12.4. The summed E-state index contributed by atoms with van der Waals surface area (Å²) < 4.78 is 1.89. The van der Waals surface area contributed by atoms with E-state index in [0.717, 1.165) is 22.0 Å². The van der Waals surface area contributed by atoms with E-state index in [9.17, 15) is 4.79 Å². The van der Waals surface area contributed by atoms with Crippen molar-refractivity contribution in [3.8, 4) is 17.2 Å². The van der Waals surface area contributed by atoms with Crippen LogP contribution in [0, 0.1) is 11.3 Å². The summed E-state index contributed by atoms with van der Waals surface area (Å²) >= 11 is 0. The first-order chi connectivity index (χ1) is 13.7. The van der Waals surface area contributed by atoms with E-state index in [1.165, 1.54) is 5.56 Å². The summed E-state index contributed by atoms with van der Waals surface area (Å²) in [7, 11) is 0. The molecule has 1 heterocycles. The van der Waals surface area contributed by atoms with Crippen LogP contribution >= 0.6 is 0 Å². The Hall–Kier alpha value is -3.84. The number of nitriles is 1. The van der Waals surface area contributed by atoms with Crippen molar-refractivity contribution in [2.75, 3.05) is 0 Å². The Morgan fingerprint density at radius 3 is 2.43 bits per heavy atom. The molecular formula is C24H19N3O. The minimum atomic E-state index is -0.0472. The largest absolute Gasteiger partial charge is 0.350 e. The number of carbonyl (C=O) groups excluding carboxylic acids is 1. The zero-order valence-corrected chi connectivity index (χ0v) is 15.3. The maximum atomic E-state index is 12.4. The fourth-order valence-corrected chi connectivity index (χ4v) is 3.26. The van der Waals surface area contributed by atoms with Gasteiger partial charge >= 0.3 is 0 Å². The van der Waals surface area contributed by atoms with Crippen LogP contribution in [0.25, 0.3) is 22.0 Å². The van der Waals surface area contributed by atoms with Gasteiger partial charge in [0.1, 0.15) is 6.54 Å². The van der Waals surface area contributed by atoms with E-state index in [-0.39, 0.29) is 12.5 Å². The quantitative estimate of drug-likeness (QED) is 0.566. The molecule has 0 radical (unpaired) electrons. The van der Waals surface area contributed by atoms with Gasteiger partial charge in [0.15, 0.2) is 0 Å². The van der Waals surface area contributed by atoms with Crippen molar-refractivity contribution in [1.82, 2.24) is 9.88 Å². The Morgan fingerprint density at radius 1 is 0.929 bits per heavy atom. The molecule has 0 aliphatic carbocycles. The first kappa shape index (κ1) is 17.6. The molecule has 3 aromatic carbocycles. The Kier molecular flexibility index (Phi) is 4.90. The predicted molar refractivity (Wildman–Crippen MR) is 110 cm³/mol. The van der Waals surface area contributed by atoms with Crippen LogP contribution < -0.4 is 5.32 Å². The van der Waals surface area contributed by atoms with Gasteiger partial charge in [0, 0.05) is 23.6 Å². The van der Waals surface area contributed by atoms with Gasteiger partial charge < -0.3 is 9.88 Å². The predicted octanol–water partition coefficient (Wildman–Crippen LogP) is 4.50. The van der Waals surface area contributed by atoms with Gasteiger partial charge in [0.2, 0.25) is 5.91 Å². The molecule has 0 spiro atoms. The molecule has 4 aromatic rings. The third-order valence-corrected chi connectivity index (χ3v) is 4.76. The third-order valence-electron chi connectivity index (χ3n) is 4.76. The van der Waals surface area contributed by atoms with Crippen LogP contribution in [0.5, 0.6) is 0 Å². The topological polar surface area (TPSA) is 57.8 Å². The van der Waals surface area contributed by atoms with Gasteiger partial charge in [-0.3, -0.25) is 4.79 Å². The number of aromatic nitrogens is 1. The molecule has 1 amide bonds. The number of benzene rings is 3. The number of nitrogens with one attached hydrogen (secondary N) is 1. The molecule has 28 heavy (non-hydrogen) atoms. The van der Waals surface area contributed by atoms with E-state index < -0.39 is 0 Å². The highest BCUT2D eigenvalue weighted by atomic mass is 16.1. The second-order valence-corrected chi connectivity index (χ2v) is 6.67. The summed E-state index contributed by atoms with van der Waals surface area (Å²) in [6, 6.07) is 28.0. The van der Waals surface area contributed by atoms with Crippen molar-refractivity contribution in [3.63, 3.8) is 0 Å². The van der Waals surface area contributed by atoms with Crippen LogP contribution in [0.15, 0.2) is 85.1 Å². The maximum absolute atomic E-state index is 12.4. The van der Waals surface area contributed by atoms with E-state index in [4.69, 9.17) is 5.26 Å². The van der Waals surface area contributed by atoms with Crippen molar-refractivity contribution in [2.24, 2.45) is 0 Å². The number of amides is 1. The monoisotopic (exact) mass is 365 g/mol. The minimum absolute atomic E-state index is 0.0472. The number of hydrogen-bond donors (Lipinski definition) is 1. The first-order valence-electron chi connectivity index (χ1n) is 9.13. The number of nitrogens with zero attached hydrogens (tertiary/aromatic N) is 2. The number of fused-ring (bicyclic) bond motifs is 1. The lowest BCUT2D eigenvalue weighted by atomic mass is 10.0. The molecule has 0 saturated heterocycles. The molecule has 0 atom stereocenters. The highest BCUT2D eigenvalue weighted by Gasteiger charge is 2.07. The Labute approximate surface area is 163 Å². The molecule has 136 valence electrons. The molecule has 0 aliphatic rings. The molecule has 4 nitrogen and oxygen atoms in total. The molecule has 0 bridgehead atoms. The standard InChI is InChI=1S/C24H19N3O/c25-15-19-8-11-23-22(14-19)12-13-27(23)17-24(28)26-16-18-6-9-21(10-7-18)20-4-2-1-3-5-20/h1-14H,16-17H2,(H,26,28). The number of carbonyl (C=O) groups is 1. The highest BCUT2D eigenvalue weighted by molar-refractivity contribution is 5.84. The van der Waals surface area contributed by atoms with Gasteiger partial charge in [-0.2, -0.15) is 5.26 Å². The lowest BCUT2D eigenvalue weighted by Crippen LogP contribution is -2.26. The molecule has 4 rings (SSSR count). The molecule has 1 aromatic heterocycles. The van der Waals surface area contributed by atoms with Crippen molar-refractivity contribution in [1.29, 1.82) is 5.26 Å².